The molecule has 2 heterocycles. The number of H-pyrrole nitrogens is 1. The third-order valence-corrected chi connectivity index (χ3v) is 2.60. The summed E-state index contributed by atoms with van der Waals surface area (Å²) in [6, 6.07) is 4.94. The second kappa shape index (κ2) is 4.04. The molecule has 1 N–H and O–H groups in total. The minimum Gasteiger partial charge on any atom is -0.321 e. The number of halogens is 3. The van der Waals surface area contributed by atoms with Crippen molar-refractivity contribution in [2.75, 3.05) is 0 Å². The molecule has 0 saturated carbocycles. The van der Waals surface area contributed by atoms with Crippen LogP contribution in [0.1, 0.15) is 5.56 Å². The van der Waals surface area contributed by atoms with Gasteiger partial charge in [0.05, 0.1) is 5.56 Å². The highest BCUT2D eigenvalue weighted by molar-refractivity contribution is 5.72. The van der Waals surface area contributed by atoms with Gasteiger partial charge < -0.3 is 4.98 Å². The lowest BCUT2D eigenvalue weighted by atomic mass is 10.1. The number of aromatic nitrogens is 4. The van der Waals surface area contributed by atoms with Crippen molar-refractivity contribution in [3.63, 3.8) is 0 Å². The number of aromatic amines is 1. The van der Waals surface area contributed by atoms with E-state index in [1.807, 2.05) is 0 Å². The van der Waals surface area contributed by atoms with Gasteiger partial charge in [-0.3, -0.25) is 0 Å². The number of nitrogens with zero attached hydrogens (tertiary/aromatic N) is 3. The van der Waals surface area contributed by atoms with E-state index in [0.29, 0.717) is 22.7 Å². The van der Waals surface area contributed by atoms with Crippen LogP contribution < -0.4 is 0 Å². The smallest absolute Gasteiger partial charge is 0.321 e. The number of benzene rings is 1. The van der Waals surface area contributed by atoms with Gasteiger partial charge in [0.15, 0.2) is 11.3 Å². The number of fused-ring (bicyclic) bond motifs is 1. The standard InChI is InChI=1S/C12H7F3N4/c13-12(14,15)8-3-1-2-7(6-8)9-18-10-11(19-9)17-5-4-16-10/h1-6H,(H,16,17,18,19). The zero-order valence-electron chi connectivity index (χ0n) is 9.44. The largest absolute Gasteiger partial charge is 0.416 e. The highest BCUT2D eigenvalue weighted by Gasteiger charge is 2.30. The Kier molecular flexibility index (Phi) is 2.48. The maximum absolute atomic E-state index is 12.6. The lowest BCUT2D eigenvalue weighted by molar-refractivity contribution is -0.137. The highest BCUT2D eigenvalue weighted by atomic mass is 19.4. The Balaban J connectivity index is 2.11. The average molecular weight is 264 g/mol. The zero-order chi connectivity index (χ0) is 13.5. The summed E-state index contributed by atoms with van der Waals surface area (Å²) < 4.78 is 37.9. The van der Waals surface area contributed by atoms with E-state index in [2.05, 4.69) is 19.9 Å². The Hall–Kier alpha value is -2.44. The summed E-state index contributed by atoms with van der Waals surface area (Å²) in [5, 5.41) is 0. The first-order valence-electron chi connectivity index (χ1n) is 5.38. The number of imidazole rings is 1. The van der Waals surface area contributed by atoms with Crippen molar-refractivity contribution in [2.24, 2.45) is 0 Å². The van der Waals surface area contributed by atoms with Crippen molar-refractivity contribution in [3.05, 3.63) is 42.2 Å². The molecule has 19 heavy (non-hydrogen) atoms. The molecule has 0 aliphatic heterocycles. The molecule has 96 valence electrons. The Labute approximate surface area is 105 Å². The van der Waals surface area contributed by atoms with Gasteiger partial charge in [-0.05, 0) is 12.1 Å². The predicted molar refractivity (Wildman–Crippen MR) is 62.1 cm³/mol. The van der Waals surface area contributed by atoms with Crippen LogP contribution in [0.3, 0.4) is 0 Å². The number of hydrogen-bond donors (Lipinski definition) is 1. The Morgan fingerprint density at radius 1 is 1.05 bits per heavy atom. The van der Waals surface area contributed by atoms with Crippen LogP contribution in [0.15, 0.2) is 36.7 Å². The van der Waals surface area contributed by atoms with E-state index < -0.39 is 11.7 Å². The first-order chi connectivity index (χ1) is 9.04. The number of hydrogen-bond acceptors (Lipinski definition) is 3. The maximum atomic E-state index is 12.6. The van der Waals surface area contributed by atoms with Crippen molar-refractivity contribution in [1.82, 2.24) is 19.9 Å². The molecule has 4 nitrogen and oxygen atoms in total. The minimum atomic E-state index is -4.38. The molecule has 0 unspecified atom stereocenters. The molecule has 0 fully saturated rings. The van der Waals surface area contributed by atoms with Gasteiger partial charge in [-0.2, -0.15) is 13.2 Å². The molecule has 0 aliphatic rings. The van der Waals surface area contributed by atoms with Gasteiger partial charge in [0.2, 0.25) is 0 Å². The summed E-state index contributed by atoms with van der Waals surface area (Å²) >= 11 is 0. The predicted octanol–water partition coefficient (Wildman–Crippen LogP) is 3.04. The van der Waals surface area contributed by atoms with Crippen LogP contribution in [0, 0.1) is 0 Å². The Morgan fingerprint density at radius 2 is 1.84 bits per heavy atom. The summed E-state index contributed by atoms with van der Waals surface area (Å²) in [6.07, 6.45) is -1.42. The summed E-state index contributed by atoms with van der Waals surface area (Å²) in [5.41, 5.74) is 0.436. The van der Waals surface area contributed by atoms with Crippen LogP contribution in [0.4, 0.5) is 13.2 Å². The molecule has 3 rings (SSSR count). The molecule has 1 aromatic carbocycles. The van der Waals surface area contributed by atoms with Gasteiger partial charge >= 0.3 is 6.18 Å². The molecule has 0 atom stereocenters. The van der Waals surface area contributed by atoms with E-state index in [1.165, 1.54) is 18.5 Å². The minimum absolute atomic E-state index is 0.312. The lowest BCUT2D eigenvalue weighted by Gasteiger charge is -2.07. The molecule has 7 heteroatoms. The molecule has 0 bridgehead atoms. The first kappa shape index (κ1) is 11.6. The fourth-order valence-corrected chi connectivity index (χ4v) is 1.73. The van der Waals surface area contributed by atoms with Gasteiger partial charge in [-0.15, -0.1) is 0 Å². The van der Waals surface area contributed by atoms with E-state index in [4.69, 9.17) is 0 Å². The molecule has 0 aliphatic carbocycles. The topological polar surface area (TPSA) is 54.5 Å². The number of alkyl halides is 3. The van der Waals surface area contributed by atoms with E-state index in [1.54, 1.807) is 6.07 Å². The molecule has 0 spiro atoms. The van der Waals surface area contributed by atoms with Gasteiger partial charge in [0.25, 0.3) is 0 Å². The molecule has 3 aromatic rings. The fourth-order valence-electron chi connectivity index (χ4n) is 1.73. The van der Waals surface area contributed by atoms with Crippen LogP contribution in [0.5, 0.6) is 0 Å². The summed E-state index contributed by atoms with van der Waals surface area (Å²) in [4.78, 5) is 14.9. The van der Waals surface area contributed by atoms with E-state index in [0.717, 1.165) is 12.1 Å². The summed E-state index contributed by atoms with van der Waals surface area (Å²) in [6.45, 7) is 0. The van der Waals surface area contributed by atoms with Gasteiger partial charge in [-0.1, -0.05) is 12.1 Å². The normalized spacial score (nSPS) is 11.9. The van der Waals surface area contributed by atoms with Crippen molar-refractivity contribution < 1.29 is 13.2 Å². The van der Waals surface area contributed by atoms with Gasteiger partial charge in [-0.25, -0.2) is 15.0 Å². The van der Waals surface area contributed by atoms with E-state index in [9.17, 15) is 13.2 Å². The average Bonchev–Trinajstić information content (AvgIpc) is 2.81. The van der Waals surface area contributed by atoms with Crippen molar-refractivity contribution >= 4 is 11.3 Å². The van der Waals surface area contributed by atoms with E-state index >= 15 is 0 Å². The fraction of sp³-hybridized carbons (Fsp3) is 0.0833. The SMILES string of the molecule is FC(F)(F)c1cccc(-c2nc3nccnc3[nH]2)c1. The second-order valence-corrected chi connectivity index (χ2v) is 3.89. The maximum Gasteiger partial charge on any atom is 0.416 e. The molecular formula is C12H7F3N4. The molecular weight excluding hydrogens is 257 g/mol. The number of nitrogens with one attached hydrogen (secondary N) is 1. The Morgan fingerprint density at radius 3 is 2.58 bits per heavy atom. The van der Waals surface area contributed by atoms with Gasteiger partial charge in [0.1, 0.15) is 5.82 Å². The van der Waals surface area contributed by atoms with Crippen molar-refractivity contribution in [3.8, 4) is 11.4 Å². The quantitative estimate of drug-likeness (QED) is 0.735. The lowest BCUT2D eigenvalue weighted by Crippen LogP contribution is -2.04. The zero-order valence-corrected chi connectivity index (χ0v) is 9.44. The van der Waals surface area contributed by atoms with Crippen LogP contribution in [0.2, 0.25) is 0 Å². The van der Waals surface area contributed by atoms with Crippen LogP contribution in [-0.2, 0) is 6.18 Å². The van der Waals surface area contributed by atoms with Crippen molar-refractivity contribution in [2.45, 2.75) is 6.18 Å². The van der Waals surface area contributed by atoms with Crippen LogP contribution in [0.25, 0.3) is 22.7 Å². The molecule has 0 radical (unpaired) electrons. The first-order valence-corrected chi connectivity index (χ1v) is 5.38. The Bertz CT molecular complexity index is 700. The second-order valence-electron chi connectivity index (χ2n) is 3.89. The van der Waals surface area contributed by atoms with E-state index in [-0.39, 0.29) is 0 Å². The molecule has 0 saturated heterocycles. The monoisotopic (exact) mass is 264 g/mol. The third-order valence-electron chi connectivity index (χ3n) is 2.60. The third kappa shape index (κ3) is 2.14. The van der Waals surface area contributed by atoms with Gasteiger partial charge in [0, 0.05) is 18.0 Å². The van der Waals surface area contributed by atoms with Crippen LogP contribution in [-0.4, -0.2) is 19.9 Å². The van der Waals surface area contributed by atoms with Crippen molar-refractivity contribution in [1.29, 1.82) is 0 Å². The molecule has 2 aromatic heterocycles. The summed E-state index contributed by atoms with van der Waals surface area (Å²) in [5.74, 6) is 0.312. The molecule has 0 amide bonds. The van der Waals surface area contributed by atoms with Crippen LogP contribution >= 0.6 is 0 Å². The summed E-state index contributed by atoms with van der Waals surface area (Å²) in [7, 11) is 0. The number of rotatable bonds is 1. The highest BCUT2D eigenvalue weighted by Crippen LogP contribution is 2.31.